The summed E-state index contributed by atoms with van der Waals surface area (Å²) >= 11 is 0. The maximum absolute atomic E-state index is 12.6. The molecule has 1 amide bonds. The van der Waals surface area contributed by atoms with Crippen molar-refractivity contribution in [2.45, 2.75) is 26.4 Å². The van der Waals surface area contributed by atoms with Crippen LogP contribution in [-0.4, -0.2) is 39.6 Å². The van der Waals surface area contributed by atoms with Crippen LogP contribution in [0.4, 0.5) is 0 Å². The molecule has 0 fully saturated rings. The van der Waals surface area contributed by atoms with Gasteiger partial charge in [-0.25, -0.2) is 0 Å². The zero-order valence-electron chi connectivity index (χ0n) is 12.1. The fourth-order valence-corrected chi connectivity index (χ4v) is 2.24. The summed E-state index contributed by atoms with van der Waals surface area (Å²) in [5.74, 6) is -0.0982. The molecule has 1 heterocycles. The van der Waals surface area contributed by atoms with Gasteiger partial charge >= 0.3 is 0 Å². The molecule has 20 heavy (non-hydrogen) atoms. The van der Waals surface area contributed by atoms with Gasteiger partial charge in [0.2, 0.25) is 0 Å². The Hall–Kier alpha value is -1.94. The Morgan fingerprint density at radius 3 is 2.65 bits per heavy atom. The monoisotopic (exact) mass is 272 g/mol. The molecule has 1 aromatic heterocycles. The van der Waals surface area contributed by atoms with Crippen molar-refractivity contribution in [3.05, 3.63) is 42.1 Å². The van der Waals surface area contributed by atoms with Gasteiger partial charge < -0.3 is 10.0 Å². The van der Waals surface area contributed by atoms with Gasteiger partial charge in [0.1, 0.15) is 0 Å². The van der Waals surface area contributed by atoms with E-state index >= 15 is 0 Å². The standard InChI is InChI=1S/C16H20N2O2/c1-4-18(11-16(2,3)20)15(19)13-9-5-7-12-8-6-10-17-14(12)13/h5-10,20H,4,11H2,1-3H3. The molecule has 0 radical (unpaired) electrons. The number of rotatable bonds is 4. The van der Waals surface area contributed by atoms with Crippen LogP contribution >= 0.6 is 0 Å². The Kier molecular flexibility index (Phi) is 4.04. The summed E-state index contributed by atoms with van der Waals surface area (Å²) in [6.45, 7) is 6.15. The van der Waals surface area contributed by atoms with Crippen molar-refractivity contribution in [2.75, 3.05) is 13.1 Å². The molecule has 4 heteroatoms. The fourth-order valence-electron chi connectivity index (χ4n) is 2.24. The first-order valence-corrected chi connectivity index (χ1v) is 6.78. The number of nitrogens with zero attached hydrogens (tertiary/aromatic N) is 2. The number of carbonyl (C=O) groups is 1. The zero-order valence-corrected chi connectivity index (χ0v) is 12.1. The van der Waals surface area contributed by atoms with Crippen molar-refractivity contribution in [3.8, 4) is 0 Å². The van der Waals surface area contributed by atoms with Gasteiger partial charge in [-0.2, -0.15) is 0 Å². The smallest absolute Gasteiger partial charge is 0.256 e. The molecule has 1 N–H and O–H groups in total. The van der Waals surface area contributed by atoms with Gasteiger partial charge in [0.15, 0.2) is 0 Å². The number of hydrogen-bond donors (Lipinski definition) is 1. The second-order valence-electron chi connectivity index (χ2n) is 5.51. The molecular formula is C16H20N2O2. The summed E-state index contributed by atoms with van der Waals surface area (Å²) in [5.41, 5.74) is 0.368. The predicted molar refractivity (Wildman–Crippen MR) is 79.6 cm³/mol. The van der Waals surface area contributed by atoms with Crippen molar-refractivity contribution in [3.63, 3.8) is 0 Å². The summed E-state index contributed by atoms with van der Waals surface area (Å²) in [5, 5.41) is 10.9. The van der Waals surface area contributed by atoms with E-state index in [1.165, 1.54) is 0 Å². The first-order valence-electron chi connectivity index (χ1n) is 6.78. The quantitative estimate of drug-likeness (QED) is 0.930. The molecule has 1 aromatic carbocycles. The van der Waals surface area contributed by atoms with Gasteiger partial charge in [0, 0.05) is 24.7 Å². The third-order valence-electron chi connectivity index (χ3n) is 3.11. The average molecular weight is 272 g/mol. The van der Waals surface area contributed by atoms with Gasteiger partial charge in [-0.15, -0.1) is 0 Å². The van der Waals surface area contributed by atoms with Crippen molar-refractivity contribution < 1.29 is 9.90 Å². The number of benzene rings is 1. The molecule has 0 unspecified atom stereocenters. The van der Waals surface area contributed by atoms with Crippen molar-refractivity contribution in [2.24, 2.45) is 0 Å². The minimum absolute atomic E-state index is 0.0982. The van der Waals surface area contributed by atoms with Crippen LogP contribution in [0, 0.1) is 0 Å². The summed E-state index contributed by atoms with van der Waals surface area (Å²) in [6.07, 6.45) is 1.69. The van der Waals surface area contributed by atoms with Crippen LogP contribution in [0.25, 0.3) is 10.9 Å². The molecule has 4 nitrogen and oxygen atoms in total. The second kappa shape index (κ2) is 5.59. The normalized spacial score (nSPS) is 11.6. The van der Waals surface area contributed by atoms with E-state index in [4.69, 9.17) is 0 Å². The summed E-state index contributed by atoms with van der Waals surface area (Å²) in [7, 11) is 0. The molecule has 0 aliphatic heterocycles. The van der Waals surface area contributed by atoms with E-state index in [1.54, 1.807) is 31.0 Å². The molecular weight excluding hydrogens is 252 g/mol. The van der Waals surface area contributed by atoms with E-state index in [1.807, 2.05) is 31.2 Å². The van der Waals surface area contributed by atoms with Crippen LogP contribution in [-0.2, 0) is 0 Å². The highest BCUT2D eigenvalue weighted by Gasteiger charge is 2.23. The number of para-hydroxylation sites is 1. The second-order valence-corrected chi connectivity index (χ2v) is 5.51. The number of aromatic nitrogens is 1. The van der Waals surface area contributed by atoms with E-state index in [0.29, 0.717) is 24.2 Å². The first-order chi connectivity index (χ1) is 9.42. The Labute approximate surface area is 119 Å². The summed E-state index contributed by atoms with van der Waals surface area (Å²) < 4.78 is 0. The molecule has 0 aliphatic rings. The maximum Gasteiger partial charge on any atom is 0.256 e. The lowest BCUT2D eigenvalue weighted by Gasteiger charge is -2.28. The summed E-state index contributed by atoms with van der Waals surface area (Å²) in [6, 6.07) is 9.36. The number of amides is 1. The highest BCUT2D eigenvalue weighted by molar-refractivity contribution is 6.05. The van der Waals surface area contributed by atoms with E-state index in [-0.39, 0.29) is 5.91 Å². The largest absolute Gasteiger partial charge is 0.389 e. The van der Waals surface area contributed by atoms with Gasteiger partial charge in [0.25, 0.3) is 5.91 Å². The fraction of sp³-hybridized carbons (Fsp3) is 0.375. The molecule has 0 atom stereocenters. The topological polar surface area (TPSA) is 53.4 Å². The minimum Gasteiger partial charge on any atom is -0.389 e. The van der Waals surface area contributed by atoms with Crippen molar-refractivity contribution in [1.29, 1.82) is 0 Å². The van der Waals surface area contributed by atoms with Gasteiger partial charge in [-0.3, -0.25) is 9.78 Å². The van der Waals surface area contributed by atoms with Crippen LogP contribution < -0.4 is 0 Å². The number of hydrogen-bond acceptors (Lipinski definition) is 3. The van der Waals surface area contributed by atoms with Crippen molar-refractivity contribution in [1.82, 2.24) is 9.88 Å². The minimum atomic E-state index is -0.913. The molecule has 106 valence electrons. The Balaban J connectivity index is 2.40. The predicted octanol–water partition coefficient (Wildman–Crippen LogP) is 2.47. The lowest BCUT2D eigenvalue weighted by atomic mass is 10.1. The van der Waals surface area contributed by atoms with E-state index in [0.717, 1.165) is 5.39 Å². The van der Waals surface area contributed by atoms with E-state index < -0.39 is 5.60 Å². The Bertz CT molecular complexity index is 612. The average Bonchev–Trinajstić information content (AvgIpc) is 2.42. The third-order valence-corrected chi connectivity index (χ3v) is 3.11. The molecule has 0 saturated carbocycles. The van der Waals surface area contributed by atoms with Crippen LogP contribution in [0.15, 0.2) is 36.5 Å². The number of fused-ring (bicyclic) bond motifs is 1. The van der Waals surface area contributed by atoms with Crippen LogP contribution in [0.2, 0.25) is 0 Å². The molecule has 0 bridgehead atoms. The van der Waals surface area contributed by atoms with E-state index in [9.17, 15) is 9.90 Å². The van der Waals surface area contributed by atoms with Crippen molar-refractivity contribution >= 4 is 16.8 Å². The Morgan fingerprint density at radius 2 is 2.00 bits per heavy atom. The molecule has 2 rings (SSSR count). The van der Waals surface area contributed by atoms with Gasteiger partial charge in [0.05, 0.1) is 16.7 Å². The number of pyridine rings is 1. The number of aliphatic hydroxyl groups is 1. The molecule has 0 aliphatic carbocycles. The van der Waals surface area contributed by atoms with Gasteiger partial charge in [-0.1, -0.05) is 18.2 Å². The molecule has 0 spiro atoms. The Morgan fingerprint density at radius 1 is 1.30 bits per heavy atom. The van der Waals surface area contributed by atoms with Gasteiger partial charge in [-0.05, 0) is 32.9 Å². The highest BCUT2D eigenvalue weighted by Crippen LogP contribution is 2.18. The maximum atomic E-state index is 12.6. The summed E-state index contributed by atoms with van der Waals surface area (Å²) in [4.78, 5) is 18.6. The zero-order chi connectivity index (χ0) is 14.8. The third kappa shape index (κ3) is 3.14. The lowest BCUT2D eigenvalue weighted by Crippen LogP contribution is -2.42. The molecule has 0 saturated heterocycles. The van der Waals surface area contributed by atoms with E-state index in [2.05, 4.69) is 4.98 Å². The van der Waals surface area contributed by atoms with Crippen LogP contribution in [0.5, 0.6) is 0 Å². The lowest BCUT2D eigenvalue weighted by molar-refractivity contribution is 0.0315. The van der Waals surface area contributed by atoms with Crippen LogP contribution in [0.3, 0.4) is 0 Å². The number of likely N-dealkylation sites (N-methyl/N-ethyl adjacent to an activating group) is 1. The molecule has 2 aromatic rings. The van der Waals surface area contributed by atoms with Crippen LogP contribution in [0.1, 0.15) is 31.1 Å². The highest BCUT2D eigenvalue weighted by atomic mass is 16.3. The number of carbonyl (C=O) groups excluding carboxylic acids is 1. The first kappa shape index (κ1) is 14.5. The SMILES string of the molecule is CCN(CC(C)(C)O)C(=O)c1cccc2cccnc12.